The minimum absolute atomic E-state index is 0.0708. The first-order valence-electron chi connectivity index (χ1n) is 11.0. The van der Waals surface area contributed by atoms with Gasteiger partial charge in [-0.15, -0.1) is 11.3 Å². The molecule has 0 aliphatic heterocycles. The number of carbonyl (C=O) groups excluding carboxylic acids is 1. The Bertz CT molecular complexity index is 1610. The maximum atomic E-state index is 13.1. The van der Waals surface area contributed by atoms with Crippen molar-refractivity contribution in [1.29, 1.82) is 0 Å². The van der Waals surface area contributed by atoms with Crippen LogP contribution in [-0.4, -0.2) is 31.3 Å². The van der Waals surface area contributed by atoms with Crippen molar-refractivity contribution in [3.05, 3.63) is 71.0 Å². The number of nitrogens with zero attached hydrogens (tertiary/aromatic N) is 3. The second kappa shape index (κ2) is 8.00. The molecule has 8 nitrogen and oxygen atoms in total. The molecule has 0 radical (unpaired) electrons. The maximum Gasteiger partial charge on any atom is 0.435 e. The van der Waals surface area contributed by atoms with E-state index in [4.69, 9.17) is 5.73 Å². The lowest BCUT2D eigenvalue weighted by Crippen LogP contribution is -2.18. The van der Waals surface area contributed by atoms with E-state index >= 15 is 0 Å². The fourth-order valence-electron chi connectivity index (χ4n) is 4.02. The molecule has 1 aliphatic rings. The number of benzene rings is 2. The van der Waals surface area contributed by atoms with Gasteiger partial charge in [-0.1, -0.05) is 18.2 Å². The average Bonchev–Trinajstić information content (AvgIpc) is 3.31. The summed E-state index contributed by atoms with van der Waals surface area (Å²) in [5.41, 5.74) is 9.16. The van der Waals surface area contributed by atoms with Crippen molar-refractivity contribution in [2.24, 2.45) is 5.73 Å². The Morgan fingerprint density at radius 3 is 2.72 bits per heavy atom. The summed E-state index contributed by atoms with van der Waals surface area (Å²) in [6, 6.07) is 12.5. The molecule has 1 fully saturated rings. The largest absolute Gasteiger partial charge is 0.435 e. The summed E-state index contributed by atoms with van der Waals surface area (Å²) in [6.45, 7) is 0. The maximum absolute atomic E-state index is 13.1. The van der Waals surface area contributed by atoms with Gasteiger partial charge in [0.2, 0.25) is 0 Å². The van der Waals surface area contributed by atoms with Crippen LogP contribution < -0.4 is 11.1 Å². The molecule has 1 saturated carbocycles. The zero-order valence-electron chi connectivity index (χ0n) is 18.5. The number of amides is 1. The number of fused-ring (bicyclic) bond motifs is 1. The van der Waals surface area contributed by atoms with Gasteiger partial charge in [0.15, 0.2) is 5.69 Å². The van der Waals surface area contributed by atoms with E-state index in [9.17, 15) is 18.0 Å². The summed E-state index contributed by atoms with van der Waals surface area (Å²) in [4.78, 5) is 17.3. The molecule has 1 amide bonds. The molecule has 36 heavy (non-hydrogen) atoms. The molecule has 3 aromatic heterocycles. The lowest BCUT2D eigenvalue weighted by molar-refractivity contribution is -0.141. The number of alkyl halides is 3. The van der Waals surface area contributed by atoms with Crippen molar-refractivity contribution in [2.75, 3.05) is 5.32 Å². The molecule has 0 saturated heterocycles. The first-order valence-corrected chi connectivity index (χ1v) is 11.8. The highest BCUT2D eigenvalue weighted by Gasteiger charge is 2.40. The fourth-order valence-corrected chi connectivity index (χ4v) is 4.78. The molecule has 1 aliphatic carbocycles. The molecule has 182 valence electrons. The van der Waals surface area contributed by atoms with E-state index in [0.717, 1.165) is 57.8 Å². The molecular formula is C24H18F3N7OS. The van der Waals surface area contributed by atoms with Gasteiger partial charge in [0, 0.05) is 21.9 Å². The van der Waals surface area contributed by atoms with Gasteiger partial charge >= 0.3 is 6.18 Å². The van der Waals surface area contributed by atoms with Crippen LogP contribution in [0, 0.1) is 0 Å². The van der Waals surface area contributed by atoms with E-state index in [-0.39, 0.29) is 21.9 Å². The summed E-state index contributed by atoms with van der Waals surface area (Å²) < 4.78 is 38.6. The van der Waals surface area contributed by atoms with E-state index in [2.05, 4.69) is 30.7 Å². The Balaban J connectivity index is 1.32. The number of aromatic amines is 2. The Morgan fingerprint density at radius 2 is 1.97 bits per heavy atom. The highest BCUT2D eigenvalue weighted by molar-refractivity contribution is 7.13. The monoisotopic (exact) mass is 509 g/mol. The van der Waals surface area contributed by atoms with Crippen molar-refractivity contribution in [3.8, 4) is 21.8 Å². The highest BCUT2D eigenvalue weighted by Crippen LogP contribution is 2.44. The molecule has 2 aromatic carbocycles. The Kier molecular flexibility index (Phi) is 4.99. The van der Waals surface area contributed by atoms with Gasteiger partial charge in [-0.05, 0) is 48.2 Å². The summed E-state index contributed by atoms with van der Waals surface area (Å²) in [7, 11) is 0. The first-order chi connectivity index (χ1) is 17.2. The average molecular weight is 510 g/mol. The third-order valence-corrected chi connectivity index (χ3v) is 7.07. The van der Waals surface area contributed by atoms with Crippen molar-refractivity contribution in [2.45, 2.75) is 24.6 Å². The molecule has 0 atom stereocenters. The molecular weight excluding hydrogens is 491 g/mol. The van der Waals surface area contributed by atoms with E-state index < -0.39 is 17.8 Å². The number of H-pyrrole nitrogens is 2. The van der Waals surface area contributed by atoms with Crippen LogP contribution in [0.4, 0.5) is 18.9 Å². The number of nitrogens with one attached hydrogen (secondary N) is 3. The number of thiazole rings is 1. The molecule has 0 bridgehead atoms. The minimum atomic E-state index is -4.58. The summed E-state index contributed by atoms with van der Waals surface area (Å²) in [5.74, 6) is -0.498. The van der Waals surface area contributed by atoms with Crippen LogP contribution in [0.15, 0.2) is 54.0 Å². The van der Waals surface area contributed by atoms with Crippen LogP contribution in [0.3, 0.4) is 0 Å². The van der Waals surface area contributed by atoms with Gasteiger partial charge in [0.05, 0.1) is 23.1 Å². The fraction of sp³-hybridized carbons (Fsp3) is 0.167. The topological polar surface area (TPSA) is 125 Å². The molecule has 6 rings (SSSR count). The molecule has 3 heterocycles. The molecule has 5 aromatic rings. The van der Waals surface area contributed by atoms with Gasteiger partial charge in [-0.25, -0.2) is 4.98 Å². The number of hydrogen-bond acceptors (Lipinski definition) is 6. The van der Waals surface area contributed by atoms with Crippen molar-refractivity contribution in [1.82, 2.24) is 25.4 Å². The van der Waals surface area contributed by atoms with Crippen LogP contribution in [0.2, 0.25) is 0 Å². The zero-order valence-corrected chi connectivity index (χ0v) is 19.3. The van der Waals surface area contributed by atoms with Gasteiger partial charge in [-0.3, -0.25) is 15.0 Å². The van der Waals surface area contributed by atoms with Crippen LogP contribution in [0.1, 0.15) is 34.6 Å². The number of anilines is 1. The molecule has 0 spiro atoms. The number of rotatable bonds is 5. The van der Waals surface area contributed by atoms with Crippen molar-refractivity contribution < 1.29 is 18.0 Å². The van der Waals surface area contributed by atoms with Crippen molar-refractivity contribution >= 4 is 33.8 Å². The lowest BCUT2D eigenvalue weighted by atomic mass is 9.96. The van der Waals surface area contributed by atoms with E-state index in [0.29, 0.717) is 5.69 Å². The second-order valence-corrected chi connectivity index (χ2v) is 9.61. The van der Waals surface area contributed by atoms with Crippen LogP contribution in [0.25, 0.3) is 32.7 Å². The van der Waals surface area contributed by atoms with E-state index in [1.165, 1.54) is 5.38 Å². The van der Waals surface area contributed by atoms with Crippen LogP contribution in [-0.2, 0) is 11.7 Å². The Labute approximate surface area is 205 Å². The van der Waals surface area contributed by atoms with Gasteiger partial charge < -0.3 is 11.1 Å². The van der Waals surface area contributed by atoms with Crippen molar-refractivity contribution in [3.63, 3.8) is 0 Å². The molecule has 0 unspecified atom stereocenters. The van der Waals surface area contributed by atoms with E-state index in [1.807, 2.05) is 30.3 Å². The number of halogens is 3. The Morgan fingerprint density at radius 1 is 1.14 bits per heavy atom. The quantitative estimate of drug-likeness (QED) is 0.256. The standard InChI is InChI=1S/C24H18F3N7OS/c25-24(26,27)20-9-18(33-34-20)22-31-19(11-36-22)21(35)30-17-8-16-13(10-29-32-16)7-15(17)12-2-1-3-14(6-12)23(28)4-5-23/h1-3,6-11H,4-5,28H2,(H,29,32)(H,30,35)(H,33,34). The number of aromatic nitrogens is 5. The lowest BCUT2D eigenvalue weighted by Gasteiger charge is -2.14. The third kappa shape index (κ3) is 4.03. The van der Waals surface area contributed by atoms with E-state index in [1.54, 1.807) is 12.3 Å². The first kappa shape index (κ1) is 22.4. The Hall–Kier alpha value is -4.03. The second-order valence-electron chi connectivity index (χ2n) is 8.75. The molecule has 5 N–H and O–H groups in total. The zero-order chi connectivity index (χ0) is 25.1. The normalized spacial score (nSPS) is 14.8. The molecule has 12 heteroatoms. The predicted octanol–water partition coefficient (Wildman–Crippen LogP) is 5.30. The highest BCUT2D eigenvalue weighted by atomic mass is 32.1. The number of carbonyl (C=O) groups is 1. The van der Waals surface area contributed by atoms with Crippen LogP contribution in [0.5, 0.6) is 0 Å². The smallest absolute Gasteiger partial charge is 0.321 e. The van der Waals surface area contributed by atoms with Crippen LogP contribution >= 0.6 is 11.3 Å². The summed E-state index contributed by atoms with van der Waals surface area (Å²) in [6.07, 6.45) is -1.03. The minimum Gasteiger partial charge on any atom is -0.321 e. The number of hydrogen-bond donors (Lipinski definition) is 4. The summed E-state index contributed by atoms with van der Waals surface area (Å²) >= 11 is 1.04. The van der Waals surface area contributed by atoms with Gasteiger partial charge in [-0.2, -0.15) is 23.4 Å². The summed E-state index contributed by atoms with van der Waals surface area (Å²) in [5, 5.41) is 18.1. The predicted molar refractivity (Wildman–Crippen MR) is 129 cm³/mol. The third-order valence-electron chi connectivity index (χ3n) is 6.20. The number of nitrogens with two attached hydrogens (primary N) is 1. The SMILES string of the molecule is NC1(c2cccc(-c3cc4cn[nH]c4cc3NC(=O)c3csc(-c4cc(C(F)(F)F)n[nH]4)n3)c2)CC1. The van der Waals surface area contributed by atoms with Gasteiger partial charge in [0.25, 0.3) is 5.91 Å². The van der Waals surface area contributed by atoms with Gasteiger partial charge in [0.1, 0.15) is 10.7 Å².